The van der Waals surface area contributed by atoms with Gasteiger partial charge in [0.05, 0.1) is 13.1 Å². The first kappa shape index (κ1) is 18.3. The Morgan fingerprint density at radius 1 is 0.789 bits per heavy atom. The van der Waals surface area contributed by atoms with Gasteiger partial charge in [0.25, 0.3) is 0 Å². The van der Waals surface area contributed by atoms with Crippen LogP contribution in [-0.2, 0) is 0 Å². The van der Waals surface area contributed by atoms with Crippen molar-refractivity contribution in [3.8, 4) is 0 Å². The lowest BCUT2D eigenvalue weighted by Crippen LogP contribution is -2.21. The van der Waals surface area contributed by atoms with Crippen LogP contribution >= 0.6 is 0 Å². The summed E-state index contributed by atoms with van der Waals surface area (Å²) in [6.07, 6.45) is 7.32. The summed E-state index contributed by atoms with van der Waals surface area (Å²) >= 11 is 0. The summed E-state index contributed by atoms with van der Waals surface area (Å²) in [6, 6.07) is 0. The molecular formula is C16H33N3. The van der Waals surface area contributed by atoms with E-state index in [0.717, 1.165) is 39.0 Å². The molecule has 0 rings (SSSR count). The molecule has 0 aliphatic heterocycles. The normalized spacial score (nSPS) is 13.1. The highest BCUT2D eigenvalue weighted by molar-refractivity contribution is 5.82. The van der Waals surface area contributed by atoms with Gasteiger partial charge in [-0.1, -0.05) is 26.7 Å². The van der Waals surface area contributed by atoms with Crippen molar-refractivity contribution in [2.75, 3.05) is 26.2 Å². The summed E-state index contributed by atoms with van der Waals surface area (Å²) in [5.74, 6) is 0. The minimum Gasteiger partial charge on any atom is -0.313 e. The van der Waals surface area contributed by atoms with Crippen molar-refractivity contribution in [1.82, 2.24) is 5.32 Å². The molecule has 0 amide bonds. The molecule has 3 heteroatoms. The summed E-state index contributed by atoms with van der Waals surface area (Å²) in [5.41, 5.74) is 2.58. The molecule has 0 spiro atoms. The highest BCUT2D eigenvalue weighted by Crippen LogP contribution is 1.97. The van der Waals surface area contributed by atoms with Crippen LogP contribution < -0.4 is 5.32 Å². The van der Waals surface area contributed by atoms with Crippen molar-refractivity contribution < 1.29 is 0 Å². The van der Waals surface area contributed by atoms with Crippen LogP contribution in [-0.4, -0.2) is 37.6 Å². The topological polar surface area (TPSA) is 36.8 Å². The highest BCUT2D eigenvalue weighted by Gasteiger charge is 1.92. The van der Waals surface area contributed by atoms with Crippen LogP contribution in [0, 0.1) is 0 Å². The van der Waals surface area contributed by atoms with Gasteiger partial charge < -0.3 is 5.32 Å². The molecule has 19 heavy (non-hydrogen) atoms. The first-order chi connectivity index (χ1) is 9.20. The molecule has 0 aliphatic rings. The Morgan fingerprint density at radius 2 is 1.21 bits per heavy atom. The quantitative estimate of drug-likeness (QED) is 0.423. The Hall–Kier alpha value is -0.700. The third-order valence-corrected chi connectivity index (χ3v) is 3.12. The van der Waals surface area contributed by atoms with E-state index in [9.17, 15) is 0 Å². The van der Waals surface area contributed by atoms with Crippen molar-refractivity contribution in [3.05, 3.63) is 0 Å². The van der Waals surface area contributed by atoms with Gasteiger partial charge in [-0.15, -0.1) is 0 Å². The van der Waals surface area contributed by atoms with E-state index in [1.54, 1.807) is 0 Å². The monoisotopic (exact) mass is 267 g/mol. The molecule has 0 heterocycles. The van der Waals surface area contributed by atoms with Crippen molar-refractivity contribution in [2.45, 2.75) is 66.2 Å². The Kier molecular flexibility index (Phi) is 13.2. The molecule has 0 aromatic rings. The first-order valence-corrected chi connectivity index (χ1v) is 7.91. The summed E-state index contributed by atoms with van der Waals surface area (Å²) < 4.78 is 0. The van der Waals surface area contributed by atoms with Crippen LogP contribution in [0.3, 0.4) is 0 Å². The van der Waals surface area contributed by atoms with Gasteiger partial charge in [0.15, 0.2) is 0 Å². The molecule has 0 aliphatic carbocycles. The lowest BCUT2D eigenvalue weighted by atomic mass is 10.2. The third kappa shape index (κ3) is 13.5. The number of nitrogens with zero attached hydrogens (tertiary/aromatic N) is 2. The predicted molar refractivity (Wildman–Crippen MR) is 87.9 cm³/mol. The van der Waals surface area contributed by atoms with E-state index in [2.05, 4.69) is 43.0 Å². The second-order valence-corrected chi connectivity index (χ2v) is 5.19. The second kappa shape index (κ2) is 13.7. The van der Waals surface area contributed by atoms with E-state index in [4.69, 9.17) is 0 Å². The average molecular weight is 267 g/mol. The van der Waals surface area contributed by atoms with Crippen molar-refractivity contribution in [3.63, 3.8) is 0 Å². The largest absolute Gasteiger partial charge is 0.313 e. The van der Waals surface area contributed by atoms with E-state index in [1.807, 2.05) is 0 Å². The van der Waals surface area contributed by atoms with Crippen LogP contribution in [0.25, 0.3) is 0 Å². The van der Waals surface area contributed by atoms with Crippen molar-refractivity contribution in [1.29, 1.82) is 0 Å². The van der Waals surface area contributed by atoms with Crippen LogP contribution in [0.1, 0.15) is 66.2 Å². The minimum absolute atomic E-state index is 0.897. The maximum atomic E-state index is 4.55. The summed E-state index contributed by atoms with van der Waals surface area (Å²) in [5, 5.41) is 3.39. The van der Waals surface area contributed by atoms with Gasteiger partial charge >= 0.3 is 0 Å². The summed E-state index contributed by atoms with van der Waals surface area (Å²) in [7, 11) is 0. The Balaban J connectivity index is 3.44. The van der Waals surface area contributed by atoms with Gasteiger partial charge in [0.1, 0.15) is 0 Å². The van der Waals surface area contributed by atoms with Crippen LogP contribution in [0.2, 0.25) is 0 Å². The minimum atomic E-state index is 0.897. The van der Waals surface area contributed by atoms with E-state index in [0.29, 0.717) is 0 Å². The molecule has 0 radical (unpaired) electrons. The SMILES string of the molecule is CCCCC(C)=NCCNCCN=C(C)CCCC. The molecule has 0 saturated heterocycles. The summed E-state index contributed by atoms with van der Waals surface area (Å²) in [6.45, 7) is 12.4. The fourth-order valence-corrected chi connectivity index (χ4v) is 1.80. The second-order valence-electron chi connectivity index (χ2n) is 5.19. The molecule has 0 atom stereocenters. The lowest BCUT2D eigenvalue weighted by Gasteiger charge is -2.03. The molecule has 0 aromatic carbocycles. The van der Waals surface area contributed by atoms with Gasteiger partial charge in [-0.05, 0) is 39.5 Å². The molecule has 0 unspecified atom stereocenters. The highest BCUT2D eigenvalue weighted by atomic mass is 14.9. The zero-order chi connectivity index (χ0) is 14.3. The van der Waals surface area contributed by atoms with E-state index in [1.165, 1.54) is 37.1 Å². The fourth-order valence-electron chi connectivity index (χ4n) is 1.80. The molecule has 3 nitrogen and oxygen atoms in total. The first-order valence-electron chi connectivity index (χ1n) is 7.91. The standard InChI is InChI=1S/C16H33N3/c1-5-7-9-15(3)18-13-11-17-12-14-19-16(4)10-8-6-2/h17H,5-14H2,1-4H3. The van der Waals surface area contributed by atoms with E-state index < -0.39 is 0 Å². The molecule has 0 aromatic heterocycles. The zero-order valence-corrected chi connectivity index (χ0v) is 13.5. The van der Waals surface area contributed by atoms with Crippen LogP contribution in [0.4, 0.5) is 0 Å². The Bertz CT molecular complexity index is 231. The van der Waals surface area contributed by atoms with Crippen molar-refractivity contribution >= 4 is 11.4 Å². The number of aliphatic imine (C=N–C) groups is 2. The van der Waals surface area contributed by atoms with Gasteiger partial charge in [-0.3, -0.25) is 9.98 Å². The zero-order valence-electron chi connectivity index (χ0n) is 13.5. The maximum absolute atomic E-state index is 4.55. The van der Waals surface area contributed by atoms with Gasteiger partial charge in [-0.25, -0.2) is 0 Å². The molecular weight excluding hydrogens is 234 g/mol. The average Bonchev–Trinajstić information content (AvgIpc) is 2.41. The smallest absolute Gasteiger partial charge is 0.0513 e. The number of unbranched alkanes of at least 4 members (excludes halogenated alkanes) is 2. The van der Waals surface area contributed by atoms with Gasteiger partial charge in [0, 0.05) is 24.5 Å². The number of nitrogens with one attached hydrogen (secondary N) is 1. The maximum Gasteiger partial charge on any atom is 0.0513 e. The van der Waals surface area contributed by atoms with Gasteiger partial charge in [-0.2, -0.15) is 0 Å². The third-order valence-electron chi connectivity index (χ3n) is 3.12. The Morgan fingerprint density at radius 3 is 1.58 bits per heavy atom. The molecule has 0 fully saturated rings. The van der Waals surface area contributed by atoms with Gasteiger partial charge in [0.2, 0.25) is 0 Å². The van der Waals surface area contributed by atoms with Crippen LogP contribution in [0.15, 0.2) is 9.98 Å². The fraction of sp³-hybridized carbons (Fsp3) is 0.875. The number of hydrogen-bond donors (Lipinski definition) is 1. The number of rotatable bonds is 12. The van der Waals surface area contributed by atoms with E-state index in [-0.39, 0.29) is 0 Å². The van der Waals surface area contributed by atoms with Crippen LogP contribution in [0.5, 0.6) is 0 Å². The van der Waals surface area contributed by atoms with Crippen molar-refractivity contribution in [2.24, 2.45) is 9.98 Å². The molecule has 112 valence electrons. The predicted octanol–water partition coefficient (Wildman–Crippen LogP) is 3.88. The molecule has 0 saturated carbocycles. The molecule has 0 bridgehead atoms. The van der Waals surface area contributed by atoms with E-state index >= 15 is 0 Å². The Labute approximate surface area is 120 Å². The molecule has 1 N–H and O–H groups in total. The summed E-state index contributed by atoms with van der Waals surface area (Å²) in [4.78, 5) is 9.11. The number of hydrogen-bond acceptors (Lipinski definition) is 3. The lowest BCUT2D eigenvalue weighted by molar-refractivity contribution is 0.694.